The molecule has 0 bridgehead atoms. The summed E-state index contributed by atoms with van der Waals surface area (Å²) in [5.74, 6) is -0.431. The number of carboxylic acid groups (broad SMARTS) is 1. The molecule has 9 heteroatoms. The second-order valence-corrected chi connectivity index (χ2v) is 6.66. The highest BCUT2D eigenvalue weighted by molar-refractivity contribution is 7.89. The third kappa shape index (κ3) is 3.46. The number of hydrogen-bond donors (Lipinski definition) is 2. The molecule has 0 radical (unpaired) electrons. The van der Waals surface area contributed by atoms with E-state index in [9.17, 15) is 13.2 Å². The van der Waals surface area contributed by atoms with Gasteiger partial charge in [-0.15, -0.1) is 0 Å². The first-order valence-corrected chi connectivity index (χ1v) is 8.02. The number of aromatic carboxylic acids is 1. The number of hydrogen-bond acceptors (Lipinski definition) is 5. The highest BCUT2D eigenvalue weighted by Crippen LogP contribution is 2.23. The molecule has 2 aromatic rings. The van der Waals surface area contributed by atoms with Crippen LogP contribution in [0, 0.1) is 13.8 Å². The van der Waals surface area contributed by atoms with Gasteiger partial charge in [-0.2, -0.15) is 0 Å². The highest BCUT2D eigenvalue weighted by Gasteiger charge is 2.21. The Bertz CT molecular complexity index is 829. The molecule has 2 N–H and O–H groups in total. The van der Waals surface area contributed by atoms with E-state index in [-0.39, 0.29) is 22.0 Å². The average molecular weight is 345 g/mol. The fourth-order valence-corrected chi connectivity index (χ4v) is 3.32. The van der Waals surface area contributed by atoms with E-state index in [0.717, 1.165) is 6.07 Å². The largest absolute Gasteiger partial charge is 0.478 e. The van der Waals surface area contributed by atoms with Crippen molar-refractivity contribution in [1.82, 2.24) is 9.71 Å². The molecule has 7 nitrogen and oxygen atoms in total. The second kappa shape index (κ2) is 6.07. The zero-order valence-electron chi connectivity index (χ0n) is 11.8. The molecule has 1 aromatic carbocycles. The van der Waals surface area contributed by atoms with E-state index in [4.69, 9.17) is 21.1 Å². The minimum atomic E-state index is -3.99. The number of aromatic nitrogens is 1. The van der Waals surface area contributed by atoms with Crippen molar-refractivity contribution in [2.45, 2.75) is 25.3 Å². The number of oxazole rings is 1. The van der Waals surface area contributed by atoms with Crippen molar-refractivity contribution in [3.05, 3.63) is 46.1 Å². The predicted molar refractivity (Wildman–Crippen MR) is 78.4 cm³/mol. The fourth-order valence-electron chi connectivity index (χ4n) is 1.82. The standard InChI is InChI=1S/C13H13ClN2O5S/c1-7-11(21-8(2)16-7)6-15-22(19,20)12-5-9(13(17)18)3-4-10(12)14/h3-5,15H,6H2,1-2H3,(H,17,18). The highest BCUT2D eigenvalue weighted by atomic mass is 35.5. The van der Waals surface area contributed by atoms with Gasteiger partial charge in [0, 0.05) is 6.92 Å². The summed E-state index contributed by atoms with van der Waals surface area (Å²) in [5.41, 5.74) is 0.405. The molecular formula is C13H13ClN2O5S. The first-order chi connectivity index (χ1) is 10.2. The molecule has 1 heterocycles. The number of rotatable bonds is 5. The number of carbonyl (C=O) groups is 1. The molecule has 0 unspecified atom stereocenters. The Morgan fingerprint density at radius 1 is 1.41 bits per heavy atom. The third-order valence-corrected chi connectivity index (χ3v) is 4.77. The van der Waals surface area contributed by atoms with Crippen molar-refractivity contribution in [1.29, 1.82) is 0 Å². The van der Waals surface area contributed by atoms with Crippen LogP contribution in [0.25, 0.3) is 0 Å². The quantitative estimate of drug-likeness (QED) is 0.859. The SMILES string of the molecule is Cc1nc(C)c(CNS(=O)(=O)c2cc(C(=O)O)ccc2Cl)o1. The molecule has 0 aliphatic carbocycles. The summed E-state index contributed by atoms with van der Waals surface area (Å²) < 4.78 is 32.1. The molecule has 0 fully saturated rings. The van der Waals surface area contributed by atoms with Gasteiger partial charge >= 0.3 is 5.97 Å². The van der Waals surface area contributed by atoms with Gasteiger partial charge in [-0.1, -0.05) is 11.6 Å². The Morgan fingerprint density at radius 2 is 2.09 bits per heavy atom. The van der Waals surface area contributed by atoms with Crippen LogP contribution in [0.3, 0.4) is 0 Å². The van der Waals surface area contributed by atoms with Gasteiger partial charge in [-0.25, -0.2) is 22.9 Å². The van der Waals surface area contributed by atoms with Crippen LogP contribution in [0.5, 0.6) is 0 Å². The molecule has 0 saturated heterocycles. The van der Waals surface area contributed by atoms with Gasteiger partial charge in [-0.05, 0) is 25.1 Å². The van der Waals surface area contributed by atoms with Crippen LogP contribution in [0.1, 0.15) is 27.7 Å². The summed E-state index contributed by atoms with van der Waals surface area (Å²) >= 11 is 5.85. The summed E-state index contributed by atoms with van der Waals surface area (Å²) in [6.45, 7) is 3.24. The summed E-state index contributed by atoms with van der Waals surface area (Å²) in [7, 11) is -3.99. The number of sulfonamides is 1. The van der Waals surface area contributed by atoms with Crippen molar-refractivity contribution in [2.75, 3.05) is 0 Å². The van der Waals surface area contributed by atoms with Crippen LogP contribution in [0.4, 0.5) is 0 Å². The van der Waals surface area contributed by atoms with Gasteiger partial charge in [0.1, 0.15) is 10.7 Å². The van der Waals surface area contributed by atoms with E-state index in [2.05, 4.69) is 9.71 Å². The van der Waals surface area contributed by atoms with Gasteiger partial charge in [0.2, 0.25) is 10.0 Å². The van der Waals surface area contributed by atoms with E-state index in [1.54, 1.807) is 13.8 Å². The van der Waals surface area contributed by atoms with Crippen LogP contribution in [-0.2, 0) is 16.6 Å². The monoisotopic (exact) mass is 344 g/mol. The van der Waals surface area contributed by atoms with Gasteiger partial charge in [0.15, 0.2) is 5.89 Å². The van der Waals surface area contributed by atoms with Gasteiger partial charge in [-0.3, -0.25) is 0 Å². The van der Waals surface area contributed by atoms with Crippen molar-refractivity contribution in [2.24, 2.45) is 0 Å². The molecule has 0 amide bonds. The maximum Gasteiger partial charge on any atom is 0.335 e. The molecule has 0 aliphatic heterocycles. The van der Waals surface area contributed by atoms with Crippen LogP contribution in [0.15, 0.2) is 27.5 Å². The van der Waals surface area contributed by atoms with Gasteiger partial charge in [0.25, 0.3) is 0 Å². The lowest BCUT2D eigenvalue weighted by atomic mass is 10.2. The van der Waals surface area contributed by atoms with E-state index < -0.39 is 16.0 Å². The summed E-state index contributed by atoms with van der Waals surface area (Å²) in [6, 6.07) is 3.46. The minimum Gasteiger partial charge on any atom is -0.478 e. The molecule has 0 atom stereocenters. The molecule has 0 saturated carbocycles. The van der Waals surface area contributed by atoms with Crippen LogP contribution in [0.2, 0.25) is 5.02 Å². The lowest BCUT2D eigenvalue weighted by Crippen LogP contribution is -2.24. The summed E-state index contributed by atoms with van der Waals surface area (Å²) in [4.78, 5) is 14.7. The maximum absolute atomic E-state index is 12.3. The first-order valence-electron chi connectivity index (χ1n) is 6.16. The number of aryl methyl sites for hydroxylation is 2. The van der Waals surface area contributed by atoms with Crippen molar-refractivity contribution in [3.63, 3.8) is 0 Å². The van der Waals surface area contributed by atoms with Crippen molar-refractivity contribution < 1.29 is 22.7 Å². The zero-order valence-corrected chi connectivity index (χ0v) is 13.3. The average Bonchev–Trinajstić information content (AvgIpc) is 2.75. The molecule has 0 aliphatic rings. The molecule has 1 aromatic heterocycles. The lowest BCUT2D eigenvalue weighted by Gasteiger charge is -2.08. The number of carboxylic acids is 1. The molecule has 118 valence electrons. The fraction of sp³-hybridized carbons (Fsp3) is 0.231. The minimum absolute atomic E-state index is 0.0667. The Balaban J connectivity index is 2.29. The lowest BCUT2D eigenvalue weighted by molar-refractivity contribution is 0.0696. The smallest absolute Gasteiger partial charge is 0.335 e. The number of nitrogens with one attached hydrogen (secondary N) is 1. The predicted octanol–water partition coefficient (Wildman–Crippen LogP) is 2.12. The second-order valence-electron chi connectivity index (χ2n) is 4.52. The summed E-state index contributed by atoms with van der Waals surface area (Å²) in [5, 5.41) is 8.86. The Morgan fingerprint density at radius 3 is 2.64 bits per heavy atom. The van der Waals surface area contributed by atoms with E-state index in [1.165, 1.54) is 12.1 Å². The van der Waals surface area contributed by atoms with E-state index >= 15 is 0 Å². The normalized spacial score (nSPS) is 11.6. The summed E-state index contributed by atoms with van der Waals surface area (Å²) in [6.07, 6.45) is 0. The van der Waals surface area contributed by atoms with Crippen LogP contribution < -0.4 is 4.72 Å². The van der Waals surface area contributed by atoms with E-state index in [0.29, 0.717) is 17.3 Å². The zero-order chi connectivity index (χ0) is 16.5. The molecule has 2 rings (SSSR count). The third-order valence-electron chi connectivity index (χ3n) is 2.89. The van der Waals surface area contributed by atoms with Crippen molar-refractivity contribution in [3.8, 4) is 0 Å². The van der Waals surface area contributed by atoms with Crippen LogP contribution >= 0.6 is 11.6 Å². The Labute approximate surface area is 132 Å². The van der Waals surface area contributed by atoms with E-state index in [1.807, 2.05) is 0 Å². The molecule has 22 heavy (non-hydrogen) atoms. The topological polar surface area (TPSA) is 110 Å². The molecular weight excluding hydrogens is 332 g/mol. The maximum atomic E-state index is 12.3. The first kappa shape index (κ1) is 16.5. The number of nitrogens with zero attached hydrogens (tertiary/aromatic N) is 1. The number of halogens is 1. The van der Waals surface area contributed by atoms with Gasteiger partial charge in [0.05, 0.1) is 22.8 Å². The number of benzene rings is 1. The Kier molecular flexibility index (Phi) is 4.55. The van der Waals surface area contributed by atoms with Gasteiger partial charge < -0.3 is 9.52 Å². The van der Waals surface area contributed by atoms with Crippen LogP contribution in [-0.4, -0.2) is 24.5 Å². The van der Waals surface area contributed by atoms with Crippen molar-refractivity contribution >= 4 is 27.6 Å². The Hall–Kier alpha value is -1.90. The molecule has 0 spiro atoms.